The van der Waals surface area contributed by atoms with Gasteiger partial charge in [0.2, 0.25) is 5.91 Å². The van der Waals surface area contributed by atoms with Crippen molar-refractivity contribution < 1.29 is 24.5 Å². The molecule has 0 fully saturated rings. The van der Waals surface area contributed by atoms with E-state index in [-0.39, 0.29) is 12.3 Å². The number of carboxylic acids is 1. The average molecular weight is 508 g/mol. The Bertz CT molecular complexity index is 1470. The van der Waals surface area contributed by atoms with Gasteiger partial charge in [-0.1, -0.05) is 11.3 Å². The van der Waals surface area contributed by atoms with Crippen LogP contribution in [0.5, 0.6) is 5.75 Å². The summed E-state index contributed by atoms with van der Waals surface area (Å²) in [7, 11) is 0. The molecular weight excluding hydrogens is 478 g/mol. The summed E-state index contributed by atoms with van der Waals surface area (Å²) in [5, 5.41) is 22.3. The Kier molecular flexibility index (Phi) is 6.97. The van der Waals surface area contributed by atoms with Crippen molar-refractivity contribution in [1.29, 1.82) is 0 Å². The van der Waals surface area contributed by atoms with Crippen LogP contribution in [0.25, 0.3) is 32.2 Å². The Morgan fingerprint density at radius 1 is 1.22 bits per heavy atom. The van der Waals surface area contributed by atoms with Gasteiger partial charge in [-0.15, -0.1) is 0 Å². The van der Waals surface area contributed by atoms with Crippen molar-refractivity contribution in [1.82, 2.24) is 9.97 Å². The summed E-state index contributed by atoms with van der Waals surface area (Å²) >= 11 is 1.34. The van der Waals surface area contributed by atoms with E-state index < -0.39 is 11.6 Å². The number of aromatic nitrogens is 2. The Morgan fingerprint density at radius 3 is 2.61 bits per heavy atom. The zero-order valence-electron chi connectivity index (χ0n) is 20.9. The number of carboxylic acid groups (broad SMARTS) is 1. The van der Waals surface area contributed by atoms with E-state index in [1.54, 1.807) is 27.0 Å². The second kappa shape index (κ2) is 9.83. The number of pyridine rings is 1. The lowest BCUT2D eigenvalue weighted by molar-refractivity contribution is -0.136. The minimum atomic E-state index is -0.908. The van der Waals surface area contributed by atoms with Gasteiger partial charge in [-0.25, -0.2) is 4.98 Å². The van der Waals surface area contributed by atoms with E-state index in [2.05, 4.69) is 15.3 Å². The highest BCUT2D eigenvalue weighted by Gasteiger charge is 2.23. The summed E-state index contributed by atoms with van der Waals surface area (Å²) in [5.74, 6) is -0.321. The SMILES string of the molecule is CC(=O)Nc1nc2cc(C)c(CC(=O)O)c(-c3ccc4c5c(ccnc35)CCO4)c2s1.CC(C)(C)O. The molecule has 2 aromatic heterocycles. The van der Waals surface area contributed by atoms with Crippen molar-refractivity contribution in [3.05, 3.63) is 47.2 Å². The van der Waals surface area contributed by atoms with E-state index in [1.807, 2.05) is 31.2 Å². The van der Waals surface area contributed by atoms with E-state index >= 15 is 0 Å². The first kappa shape index (κ1) is 25.5. The molecule has 188 valence electrons. The molecule has 36 heavy (non-hydrogen) atoms. The highest BCUT2D eigenvalue weighted by atomic mass is 32.1. The van der Waals surface area contributed by atoms with E-state index in [1.165, 1.54) is 23.8 Å². The van der Waals surface area contributed by atoms with Crippen molar-refractivity contribution in [2.24, 2.45) is 0 Å². The topological polar surface area (TPSA) is 122 Å². The Labute approximate surface area is 213 Å². The molecule has 5 rings (SSSR count). The second-order valence-electron chi connectivity index (χ2n) is 9.74. The van der Waals surface area contributed by atoms with Gasteiger partial charge < -0.3 is 20.3 Å². The van der Waals surface area contributed by atoms with Crippen molar-refractivity contribution in [3.63, 3.8) is 0 Å². The number of hydrogen-bond donors (Lipinski definition) is 3. The zero-order chi connectivity index (χ0) is 26.2. The summed E-state index contributed by atoms with van der Waals surface area (Å²) < 4.78 is 6.67. The molecule has 0 saturated heterocycles. The van der Waals surface area contributed by atoms with Gasteiger partial charge in [0.15, 0.2) is 5.13 Å². The molecule has 1 aliphatic rings. The quantitative estimate of drug-likeness (QED) is 0.351. The number of benzene rings is 2. The Balaban J connectivity index is 0.000000556. The minimum absolute atomic E-state index is 0.121. The molecule has 0 aliphatic carbocycles. The molecule has 0 unspecified atom stereocenters. The van der Waals surface area contributed by atoms with Crippen molar-refractivity contribution in [3.8, 4) is 16.9 Å². The first-order valence-corrected chi connectivity index (χ1v) is 12.4. The van der Waals surface area contributed by atoms with Gasteiger partial charge in [0.25, 0.3) is 0 Å². The standard InChI is InChI=1S/C23H19N3O4S.C4H10O/c1-11-9-16-22(31-23(26-16)25-12(2)27)20(15(11)10-18(28)29)14-3-4-17-19-13(6-8-30-17)5-7-24-21(14)19;1-4(2,3)5/h3-5,7,9H,6,8,10H2,1-2H3,(H,28,29)(H,25,26,27);5H,1-3H3. The van der Waals surface area contributed by atoms with Crippen LogP contribution in [0.4, 0.5) is 5.13 Å². The van der Waals surface area contributed by atoms with Crippen LogP contribution < -0.4 is 10.1 Å². The van der Waals surface area contributed by atoms with Crippen LogP contribution in [0.2, 0.25) is 0 Å². The van der Waals surface area contributed by atoms with Gasteiger partial charge in [-0.3, -0.25) is 14.6 Å². The second-order valence-corrected chi connectivity index (χ2v) is 10.7. The number of rotatable bonds is 4. The van der Waals surface area contributed by atoms with Crippen LogP contribution in [-0.4, -0.2) is 44.3 Å². The molecule has 1 amide bonds. The Morgan fingerprint density at radius 2 is 1.94 bits per heavy atom. The molecule has 0 spiro atoms. The molecule has 2 aromatic carbocycles. The fraction of sp³-hybridized carbons (Fsp3) is 0.333. The van der Waals surface area contributed by atoms with E-state index in [0.29, 0.717) is 17.3 Å². The number of fused-ring (bicyclic) bond motifs is 1. The number of amides is 1. The molecule has 0 radical (unpaired) electrons. The summed E-state index contributed by atoms with van der Waals surface area (Å²) in [4.78, 5) is 32.5. The van der Waals surface area contributed by atoms with E-state index in [0.717, 1.165) is 50.0 Å². The molecule has 1 aliphatic heterocycles. The van der Waals surface area contributed by atoms with Gasteiger partial charge in [-0.05, 0) is 68.7 Å². The average Bonchev–Trinajstić information content (AvgIpc) is 3.15. The van der Waals surface area contributed by atoms with Crippen LogP contribution in [-0.2, 0) is 22.4 Å². The number of nitrogens with zero attached hydrogens (tertiary/aromatic N) is 2. The largest absolute Gasteiger partial charge is 0.493 e. The predicted octanol–water partition coefficient (Wildman–Crippen LogP) is 5.12. The summed E-state index contributed by atoms with van der Waals surface area (Å²) in [6.45, 7) is 9.18. The highest BCUT2D eigenvalue weighted by molar-refractivity contribution is 7.23. The Hall–Kier alpha value is -3.56. The molecule has 8 nitrogen and oxygen atoms in total. The van der Waals surface area contributed by atoms with Gasteiger partial charge in [0, 0.05) is 36.1 Å². The molecule has 9 heteroatoms. The van der Waals surface area contributed by atoms with Crippen molar-refractivity contribution in [2.75, 3.05) is 11.9 Å². The van der Waals surface area contributed by atoms with Gasteiger partial charge in [-0.2, -0.15) is 0 Å². The monoisotopic (exact) mass is 507 g/mol. The van der Waals surface area contributed by atoms with Crippen LogP contribution in [0.1, 0.15) is 44.4 Å². The third-order valence-electron chi connectivity index (χ3n) is 5.46. The number of carbonyl (C=O) groups excluding carboxylic acids is 1. The van der Waals surface area contributed by atoms with Crippen molar-refractivity contribution >= 4 is 49.5 Å². The van der Waals surface area contributed by atoms with E-state index in [9.17, 15) is 14.7 Å². The molecule has 4 aromatic rings. The van der Waals surface area contributed by atoms with Gasteiger partial charge in [0.1, 0.15) is 5.75 Å². The predicted molar refractivity (Wildman–Crippen MR) is 142 cm³/mol. The fourth-order valence-electron chi connectivity index (χ4n) is 4.21. The normalized spacial score (nSPS) is 12.6. The summed E-state index contributed by atoms with van der Waals surface area (Å²) in [5.41, 5.74) is 5.36. The van der Waals surface area contributed by atoms with Gasteiger partial charge >= 0.3 is 5.97 Å². The maximum atomic E-state index is 11.7. The maximum Gasteiger partial charge on any atom is 0.307 e. The minimum Gasteiger partial charge on any atom is -0.493 e. The van der Waals surface area contributed by atoms with Crippen LogP contribution >= 0.6 is 11.3 Å². The van der Waals surface area contributed by atoms with Crippen molar-refractivity contribution in [2.45, 2.75) is 53.1 Å². The number of anilines is 1. The molecule has 0 atom stereocenters. The van der Waals surface area contributed by atoms with Crippen LogP contribution in [0, 0.1) is 6.92 Å². The lowest BCUT2D eigenvalue weighted by Crippen LogP contribution is -2.10. The molecule has 3 heterocycles. The number of aliphatic carboxylic acids is 1. The number of carbonyl (C=O) groups is 2. The smallest absolute Gasteiger partial charge is 0.307 e. The molecule has 0 saturated carbocycles. The third kappa shape index (κ3) is 5.47. The highest BCUT2D eigenvalue weighted by Crippen LogP contribution is 2.44. The number of thiazole rings is 1. The van der Waals surface area contributed by atoms with Gasteiger partial charge in [0.05, 0.1) is 34.4 Å². The lowest BCUT2D eigenvalue weighted by atomic mass is 9.90. The summed E-state index contributed by atoms with van der Waals surface area (Å²) in [6.07, 6.45) is 2.47. The fourth-order valence-corrected chi connectivity index (χ4v) is 5.28. The lowest BCUT2D eigenvalue weighted by Gasteiger charge is -2.20. The number of aliphatic hydroxyl groups is 1. The first-order valence-electron chi connectivity index (χ1n) is 11.6. The third-order valence-corrected chi connectivity index (χ3v) is 6.46. The first-order chi connectivity index (χ1) is 16.9. The number of hydrogen-bond acceptors (Lipinski definition) is 7. The van der Waals surface area contributed by atoms with E-state index in [4.69, 9.17) is 9.84 Å². The number of nitrogens with one attached hydrogen (secondary N) is 1. The van der Waals surface area contributed by atoms with Crippen LogP contribution in [0.3, 0.4) is 0 Å². The zero-order valence-corrected chi connectivity index (χ0v) is 21.7. The molecule has 3 N–H and O–H groups in total. The summed E-state index contributed by atoms with van der Waals surface area (Å²) in [6, 6.07) is 7.75. The molecular formula is C27H29N3O5S. The maximum absolute atomic E-state index is 11.7. The molecule has 0 bridgehead atoms. The number of aryl methyl sites for hydroxylation is 1. The van der Waals surface area contributed by atoms with Crippen LogP contribution in [0.15, 0.2) is 30.5 Å². The number of ether oxygens (including phenoxy) is 1.